The molecule has 0 radical (unpaired) electrons. The van der Waals surface area contributed by atoms with Crippen molar-refractivity contribution in [2.45, 2.75) is 6.17 Å². The number of hydrogen-bond donors (Lipinski definition) is 1. The van der Waals surface area contributed by atoms with Crippen molar-refractivity contribution in [1.29, 1.82) is 0 Å². The molecule has 2 aromatic carbocycles. The number of nitrogens with zero attached hydrogens (tertiary/aromatic N) is 2. The maximum atomic E-state index is 13.0. The highest BCUT2D eigenvalue weighted by molar-refractivity contribution is 6.32. The lowest BCUT2D eigenvalue weighted by Gasteiger charge is -2.26. The number of methoxy groups -OCH3 is 1. The molecule has 1 atom stereocenters. The second kappa shape index (κ2) is 6.69. The molecule has 1 aliphatic heterocycles. The van der Waals surface area contributed by atoms with Crippen LogP contribution in [0, 0.1) is 0 Å². The van der Waals surface area contributed by atoms with Crippen LogP contribution in [0.1, 0.15) is 22.2 Å². The largest absolute Gasteiger partial charge is 0.495 e. The molecule has 0 saturated heterocycles. The molecule has 1 amide bonds. The molecular formula is C20H16ClN3O2. The van der Waals surface area contributed by atoms with Gasteiger partial charge in [-0.2, -0.15) is 0 Å². The van der Waals surface area contributed by atoms with E-state index in [1.165, 1.54) is 0 Å². The van der Waals surface area contributed by atoms with Crippen LogP contribution in [0.2, 0.25) is 5.02 Å². The number of rotatable bonds is 4. The molecule has 4 rings (SSSR count). The van der Waals surface area contributed by atoms with Crippen molar-refractivity contribution in [3.63, 3.8) is 0 Å². The van der Waals surface area contributed by atoms with Crippen LogP contribution in [0.4, 0.5) is 11.4 Å². The highest BCUT2D eigenvalue weighted by atomic mass is 35.5. The number of aromatic nitrogens is 1. The molecule has 1 N–H and O–H groups in total. The minimum Gasteiger partial charge on any atom is -0.495 e. The highest BCUT2D eigenvalue weighted by Gasteiger charge is 2.38. The minimum absolute atomic E-state index is 0.0867. The Morgan fingerprint density at radius 3 is 2.65 bits per heavy atom. The third-order valence-corrected chi connectivity index (χ3v) is 4.59. The van der Waals surface area contributed by atoms with Crippen LogP contribution in [-0.2, 0) is 0 Å². The zero-order chi connectivity index (χ0) is 18.1. The lowest BCUT2D eigenvalue weighted by Crippen LogP contribution is -2.32. The maximum absolute atomic E-state index is 13.0. The van der Waals surface area contributed by atoms with E-state index in [4.69, 9.17) is 16.3 Å². The summed E-state index contributed by atoms with van der Waals surface area (Å²) in [6, 6.07) is 18.5. The summed E-state index contributed by atoms with van der Waals surface area (Å²) in [6.45, 7) is 0. The fourth-order valence-corrected chi connectivity index (χ4v) is 3.35. The van der Waals surface area contributed by atoms with Gasteiger partial charge in [0.1, 0.15) is 5.75 Å². The predicted molar refractivity (Wildman–Crippen MR) is 102 cm³/mol. The summed E-state index contributed by atoms with van der Waals surface area (Å²) in [5.74, 6) is 0.509. The van der Waals surface area contributed by atoms with Gasteiger partial charge in [0, 0.05) is 17.6 Å². The number of amides is 1. The van der Waals surface area contributed by atoms with Gasteiger partial charge in [-0.25, -0.2) is 0 Å². The monoisotopic (exact) mass is 365 g/mol. The van der Waals surface area contributed by atoms with Crippen molar-refractivity contribution < 1.29 is 9.53 Å². The number of fused-ring (bicyclic) bond motifs is 1. The summed E-state index contributed by atoms with van der Waals surface area (Å²) in [5, 5.41) is 3.87. The molecule has 0 saturated carbocycles. The van der Waals surface area contributed by atoms with Crippen molar-refractivity contribution in [3.05, 3.63) is 83.1 Å². The topological polar surface area (TPSA) is 54.5 Å². The van der Waals surface area contributed by atoms with Gasteiger partial charge in [-0.3, -0.25) is 14.7 Å². The van der Waals surface area contributed by atoms with Gasteiger partial charge in [0.15, 0.2) is 6.17 Å². The quantitative estimate of drug-likeness (QED) is 0.738. The van der Waals surface area contributed by atoms with Gasteiger partial charge in [-0.05, 0) is 42.5 Å². The van der Waals surface area contributed by atoms with Gasteiger partial charge in [-0.15, -0.1) is 0 Å². The van der Waals surface area contributed by atoms with Crippen LogP contribution >= 0.6 is 11.6 Å². The standard InChI is InChI=1S/C20H16ClN3O2/c1-26-17-10-9-13(12-16(17)21)23-19-18-15(8-5-11-22-18)20(25)24(19)14-6-3-2-4-7-14/h2-12,19,23H,1H3/t19-/m1/s1. The van der Waals surface area contributed by atoms with E-state index < -0.39 is 6.17 Å². The van der Waals surface area contributed by atoms with Gasteiger partial charge >= 0.3 is 0 Å². The van der Waals surface area contributed by atoms with Crippen molar-refractivity contribution >= 4 is 28.9 Å². The Labute approximate surface area is 156 Å². The number of halogens is 1. The first-order valence-electron chi connectivity index (χ1n) is 8.12. The number of nitrogens with one attached hydrogen (secondary N) is 1. The van der Waals surface area contributed by atoms with Crippen LogP contribution in [0.5, 0.6) is 5.75 Å². The summed E-state index contributed by atoms with van der Waals surface area (Å²) in [6.07, 6.45) is 1.27. The molecule has 3 aromatic rings. The number of hydrogen-bond acceptors (Lipinski definition) is 4. The first-order valence-corrected chi connectivity index (χ1v) is 8.50. The molecule has 2 heterocycles. The third kappa shape index (κ3) is 2.76. The molecule has 0 aliphatic carbocycles. The van der Waals surface area contributed by atoms with E-state index in [0.29, 0.717) is 22.0 Å². The number of ether oxygens (including phenoxy) is 1. The van der Waals surface area contributed by atoms with E-state index in [1.54, 1.807) is 42.5 Å². The van der Waals surface area contributed by atoms with Crippen molar-refractivity contribution in [1.82, 2.24) is 4.98 Å². The van der Waals surface area contributed by atoms with Crippen molar-refractivity contribution in [2.75, 3.05) is 17.3 Å². The Morgan fingerprint density at radius 2 is 1.92 bits per heavy atom. The summed E-state index contributed by atoms with van der Waals surface area (Å²) in [4.78, 5) is 19.1. The maximum Gasteiger partial charge on any atom is 0.262 e. The van der Waals surface area contributed by atoms with E-state index in [-0.39, 0.29) is 5.91 Å². The second-order valence-corrected chi connectivity index (χ2v) is 6.25. The summed E-state index contributed by atoms with van der Waals surface area (Å²) >= 11 is 6.24. The Bertz CT molecular complexity index is 962. The number of pyridine rings is 1. The van der Waals surface area contributed by atoms with E-state index >= 15 is 0 Å². The van der Waals surface area contributed by atoms with E-state index in [9.17, 15) is 4.79 Å². The molecule has 130 valence electrons. The van der Waals surface area contributed by atoms with Crippen LogP contribution < -0.4 is 15.0 Å². The zero-order valence-corrected chi connectivity index (χ0v) is 14.8. The summed E-state index contributed by atoms with van der Waals surface area (Å²) in [5.41, 5.74) is 2.85. The van der Waals surface area contributed by atoms with Gasteiger partial charge in [0.2, 0.25) is 0 Å². The number of carbonyl (C=O) groups excluding carboxylic acids is 1. The summed E-state index contributed by atoms with van der Waals surface area (Å²) < 4.78 is 5.20. The van der Waals surface area contributed by atoms with Crippen molar-refractivity contribution in [3.8, 4) is 5.75 Å². The van der Waals surface area contributed by atoms with E-state index in [2.05, 4.69) is 10.3 Å². The lowest BCUT2D eigenvalue weighted by molar-refractivity contribution is 0.0993. The van der Waals surface area contributed by atoms with Gasteiger partial charge in [-0.1, -0.05) is 29.8 Å². The number of benzene rings is 2. The Balaban J connectivity index is 1.75. The predicted octanol–water partition coefficient (Wildman–Crippen LogP) is 4.51. The number of anilines is 2. The van der Waals surface area contributed by atoms with E-state index in [0.717, 1.165) is 11.4 Å². The Morgan fingerprint density at radius 1 is 1.12 bits per heavy atom. The summed E-state index contributed by atoms with van der Waals surface area (Å²) in [7, 11) is 1.57. The van der Waals surface area contributed by atoms with E-state index in [1.807, 2.05) is 36.4 Å². The molecular weight excluding hydrogens is 350 g/mol. The van der Waals surface area contributed by atoms with Crippen LogP contribution in [0.15, 0.2) is 66.9 Å². The molecule has 1 aliphatic rings. The van der Waals surface area contributed by atoms with Crippen LogP contribution in [0.25, 0.3) is 0 Å². The second-order valence-electron chi connectivity index (χ2n) is 5.84. The van der Waals surface area contributed by atoms with Gasteiger partial charge in [0.25, 0.3) is 5.91 Å². The normalized spacial score (nSPS) is 15.7. The molecule has 26 heavy (non-hydrogen) atoms. The van der Waals surface area contributed by atoms with Gasteiger partial charge in [0.05, 0.1) is 23.4 Å². The SMILES string of the molecule is COc1ccc(N[C@H]2c3ncccc3C(=O)N2c2ccccc2)cc1Cl. The molecule has 5 nitrogen and oxygen atoms in total. The zero-order valence-electron chi connectivity index (χ0n) is 14.0. The third-order valence-electron chi connectivity index (χ3n) is 4.29. The Hall–Kier alpha value is -3.05. The molecule has 0 spiro atoms. The number of para-hydroxylation sites is 1. The lowest BCUT2D eigenvalue weighted by atomic mass is 10.2. The molecule has 0 bridgehead atoms. The Kier molecular flexibility index (Phi) is 4.22. The fourth-order valence-electron chi connectivity index (χ4n) is 3.09. The minimum atomic E-state index is -0.425. The molecule has 0 unspecified atom stereocenters. The fraction of sp³-hybridized carbons (Fsp3) is 0.100. The molecule has 0 fully saturated rings. The van der Waals surface area contributed by atoms with Crippen LogP contribution in [0.3, 0.4) is 0 Å². The number of carbonyl (C=O) groups is 1. The van der Waals surface area contributed by atoms with Crippen LogP contribution in [-0.4, -0.2) is 18.0 Å². The van der Waals surface area contributed by atoms with Gasteiger partial charge < -0.3 is 10.1 Å². The highest BCUT2D eigenvalue weighted by Crippen LogP contribution is 2.37. The van der Waals surface area contributed by atoms with Crippen molar-refractivity contribution in [2.24, 2.45) is 0 Å². The smallest absolute Gasteiger partial charge is 0.262 e. The molecule has 1 aromatic heterocycles. The average Bonchev–Trinajstić information content (AvgIpc) is 2.95. The average molecular weight is 366 g/mol. The first kappa shape index (κ1) is 16.4. The first-order chi connectivity index (χ1) is 12.7. The molecule has 6 heteroatoms.